The number of hydrogen-bond acceptors (Lipinski definition) is 3. The molecule has 0 radical (unpaired) electrons. The van der Waals surface area contributed by atoms with Gasteiger partial charge in [0.05, 0.1) is 0 Å². The SMILES string of the molecule is CCCCN(c1n[nH]c(=S)n1C)C(C)CC. The maximum atomic E-state index is 5.15. The molecule has 0 aliphatic heterocycles. The standard InChI is InChI=1S/C11H22N4S/c1-5-7-8-15(9(3)6-2)10-12-13-11(16)14(10)4/h9H,5-8H2,1-4H3,(H,13,16). The first kappa shape index (κ1) is 13.2. The van der Waals surface area contributed by atoms with E-state index < -0.39 is 0 Å². The molecule has 1 heterocycles. The minimum Gasteiger partial charge on any atom is -0.338 e. The van der Waals surface area contributed by atoms with Crippen LogP contribution in [0, 0.1) is 4.77 Å². The van der Waals surface area contributed by atoms with Crippen molar-refractivity contribution in [1.82, 2.24) is 14.8 Å². The number of anilines is 1. The van der Waals surface area contributed by atoms with Crippen LogP contribution >= 0.6 is 12.2 Å². The van der Waals surface area contributed by atoms with Crippen molar-refractivity contribution in [3.63, 3.8) is 0 Å². The summed E-state index contributed by atoms with van der Waals surface area (Å²) in [5, 5.41) is 7.16. The first-order valence-electron chi connectivity index (χ1n) is 5.99. The number of nitrogens with one attached hydrogen (secondary N) is 1. The third kappa shape index (κ3) is 2.84. The van der Waals surface area contributed by atoms with Crippen molar-refractivity contribution in [2.45, 2.75) is 46.1 Å². The summed E-state index contributed by atoms with van der Waals surface area (Å²) < 4.78 is 2.62. The monoisotopic (exact) mass is 242 g/mol. The van der Waals surface area contributed by atoms with Gasteiger partial charge in [-0.1, -0.05) is 20.3 Å². The van der Waals surface area contributed by atoms with Crippen LogP contribution in [0.1, 0.15) is 40.0 Å². The zero-order chi connectivity index (χ0) is 12.1. The van der Waals surface area contributed by atoms with Crippen LogP contribution in [-0.2, 0) is 7.05 Å². The van der Waals surface area contributed by atoms with E-state index in [1.807, 2.05) is 11.6 Å². The van der Waals surface area contributed by atoms with Gasteiger partial charge in [-0.3, -0.25) is 4.57 Å². The van der Waals surface area contributed by atoms with Gasteiger partial charge in [0.2, 0.25) is 5.95 Å². The second kappa shape index (κ2) is 6.03. The summed E-state index contributed by atoms with van der Waals surface area (Å²) in [4.78, 5) is 2.33. The zero-order valence-corrected chi connectivity index (χ0v) is 11.5. The lowest BCUT2D eigenvalue weighted by Gasteiger charge is -2.28. The van der Waals surface area contributed by atoms with E-state index in [0.29, 0.717) is 10.8 Å². The molecule has 0 aliphatic carbocycles. The highest BCUT2D eigenvalue weighted by Crippen LogP contribution is 2.16. The minimum atomic E-state index is 0.496. The molecule has 1 rings (SSSR count). The number of nitrogens with zero attached hydrogens (tertiary/aromatic N) is 3. The van der Waals surface area contributed by atoms with Gasteiger partial charge in [-0.15, -0.1) is 5.10 Å². The summed E-state index contributed by atoms with van der Waals surface area (Å²) in [5.41, 5.74) is 0. The lowest BCUT2D eigenvalue weighted by Crippen LogP contribution is -2.35. The Hall–Kier alpha value is -0.840. The summed E-state index contributed by atoms with van der Waals surface area (Å²) in [6.45, 7) is 7.68. The Labute approximate surface area is 103 Å². The predicted molar refractivity (Wildman–Crippen MR) is 70.4 cm³/mol. The first-order valence-corrected chi connectivity index (χ1v) is 6.40. The Morgan fingerprint density at radius 3 is 2.62 bits per heavy atom. The molecule has 0 spiro atoms. The van der Waals surface area contributed by atoms with Crippen LogP contribution in [0.25, 0.3) is 0 Å². The molecule has 92 valence electrons. The van der Waals surface area contributed by atoms with Crippen LogP contribution in [0.4, 0.5) is 5.95 Å². The topological polar surface area (TPSA) is 36.9 Å². The molecule has 0 saturated carbocycles. The van der Waals surface area contributed by atoms with Crippen molar-refractivity contribution in [3.05, 3.63) is 4.77 Å². The van der Waals surface area contributed by atoms with Crippen LogP contribution in [-0.4, -0.2) is 27.4 Å². The molecule has 0 aliphatic rings. The van der Waals surface area contributed by atoms with Crippen LogP contribution in [0.3, 0.4) is 0 Å². The second-order valence-corrected chi connectivity index (χ2v) is 4.58. The first-order chi connectivity index (χ1) is 7.61. The maximum absolute atomic E-state index is 5.15. The molecule has 1 N–H and O–H groups in total. The zero-order valence-electron chi connectivity index (χ0n) is 10.7. The number of aromatic nitrogens is 3. The van der Waals surface area contributed by atoms with Crippen molar-refractivity contribution in [2.24, 2.45) is 7.05 Å². The van der Waals surface area contributed by atoms with Gasteiger partial charge in [0, 0.05) is 19.6 Å². The molecular weight excluding hydrogens is 220 g/mol. The highest BCUT2D eigenvalue weighted by Gasteiger charge is 2.17. The molecule has 1 aromatic heterocycles. The van der Waals surface area contributed by atoms with Gasteiger partial charge in [-0.25, -0.2) is 5.10 Å². The minimum absolute atomic E-state index is 0.496. The Kier molecular flexibility index (Phi) is 4.99. The van der Waals surface area contributed by atoms with Gasteiger partial charge in [-0.05, 0) is 32.0 Å². The van der Waals surface area contributed by atoms with Crippen LogP contribution < -0.4 is 4.90 Å². The van der Waals surface area contributed by atoms with E-state index in [1.54, 1.807) is 0 Å². The van der Waals surface area contributed by atoms with Crippen molar-refractivity contribution in [2.75, 3.05) is 11.4 Å². The molecule has 1 unspecified atom stereocenters. The Morgan fingerprint density at radius 1 is 1.50 bits per heavy atom. The summed E-state index contributed by atoms with van der Waals surface area (Å²) in [7, 11) is 1.96. The largest absolute Gasteiger partial charge is 0.338 e. The van der Waals surface area contributed by atoms with E-state index in [4.69, 9.17) is 12.2 Å². The Balaban J connectivity index is 2.91. The van der Waals surface area contributed by atoms with Gasteiger partial charge < -0.3 is 4.90 Å². The number of unbranched alkanes of at least 4 members (excludes halogenated alkanes) is 1. The second-order valence-electron chi connectivity index (χ2n) is 4.19. The van der Waals surface area contributed by atoms with E-state index in [9.17, 15) is 0 Å². The van der Waals surface area contributed by atoms with E-state index in [0.717, 1.165) is 18.9 Å². The van der Waals surface area contributed by atoms with E-state index >= 15 is 0 Å². The highest BCUT2D eigenvalue weighted by molar-refractivity contribution is 7.71. The highest BCUT2D eigenvalue weighted by atomic mass is 32.1. The van der Waals surface area contributed by atoms with E-state index in [2.05, 4.69) is 35.9 Å². The maximum Gasteiger partial charge on any atom is 0.225 e. The third-order valence-corrected chi connectivity index (χ3v) is 3.35. The fourth-order valence-electron chi connectivity index (χ4n) is 1.66. The molecule has 16 heavy (non-hydrogen) atoms. The number of H-pyrrole nitrogens is 1. The number of aromatic amines is 1. The molecule has 0 fully saturated rings. The lowest BCUT2D eigenvalue weighted by molar-refractivity contribution is 0.573. The van der Waals surface area contributed by atoms with Crippen LogP contribution in [0.5, 0.6) is 0 Å². The Morgan fingerprint density at radius 2 is 2.19 bits per heavy atom. The third-order valence-electron chi connectivity index (χ3n) is 2.99. The van der Waals surface area contributed by atoms with Gasteiger partial charge in [0.1, 0.15) is 0 Å². The average molecular weight is 242 g/mol. The predicted octanol–water partition coefficient (Wildman–Crippen LogP) is 2.88. The number of hydrogen-bond donors (Lipinski definition) is 1. The molecule has 0 aromatic carbocycles. The van der Waals surface area contributed by atoms with Crippen LogP contribution in [0.2, 0.25) is 0 Å². The summed E-state index contributed by atoms with van der Waals surface area (Å²) in [5.74, 6) is 0.952. The van der Waals surface area contributed by atoms with Crippen molar-refractivity contribution in [1.29, 1.82) is 0 Å². The van der Waals surface area contributed by atoms with Crippen molar-refractivity contribution in [3.8, 4) is 0 Å². The quantitative estimate of drug-likeness (QED) is 0.779. The fraction of sp³-hybridized carbons (Fsp3) is 0.818. The summed E-state index contributed by atoms with van der Waals surface area (Å²) in [6.07, 6.45) is 3.50. The van der Waals surface area contributed by atoms with Gasteiger partial charge in [-0.2, -0.15) is 0 Å². The molecule has 4 nitrogen and oxygen atoms in total. The molecule has 0 amide bonds. The fourth-order valence-corrected chi connectivity index (χ4v) is 1.79. The normalized spacial score (nSPS) is 12.8. The molecule has 0 saturated heterocycles. The summed E-state index contributed by atoms with van der Waals surface area (Å²) >= 11 is 5.15. The van der Waals surface area contributed by atoms with Crippen molar-refractivity contribution < 1.29 is 0 Å². The average Bonchev–Trinajstić information content (AvgIpc) is 2.61. The molecular formula is C11H22N4S. The summed E-state index contributed by atoms with van der Waals surface area (Å²) in [6, 6.07) is 0.496. The molecule has 1 atom stereocenters. The van der Waals surface area contributed by atoms with Crippen LogP contribution in [0.15, 0.2) is 0 Å². The lowest BCUT2D eigenvalue weighted by atomic mass is 10.2. The van der Waals surface area contributed by atoms with Crippen molar-refractivity contribution >= 4 is 18.2 Å². The van der Waals surface area contributed by atoms with Gasteiger partial charge in [0.15, 0.2) is 4.77 Å². The van der Waals surface area contributed by atoms with E-state index in [1.165, 1.54) is 12.8 Å². The smallest absolute Gasteiger partial charge is 0.225 e. The number of rotatable bonds is 6. The van der Waals surface area contributed by atoms with Gasteiger partial charge >= 0.3 is 0 Å². The molecule has 1 aromatic rings. The van der Waals surface area contributed by atoms with E-state index in [-0.39, 0.29) is 0 Å². The Bertz CT molecular complexity index is 368. The molecule has 0 bridgehead atoms. The van der Waals surface area contributed by atoms with Gasteiger partial charge in [0.25, 0.3) is 0 Å². The molecule has 5 heteroatoms.